The van der Waals surface area contributed by atoms with Crippen LogP contribution in [0.1, 0.15) is 418 Å². The van der Waals surface area contributed by atoms with Gasteiger partial charge in [-0.2, -0.15) is 0 Å². The first kappa shape index (κ1) is 87.7. The number of aliphatic hydroxyl groups excluding tert-OH is 1. The summed E-state index contributed by atoms with van der Waals surface area (Å²) in [4.78, 5) is 23.5. The molecule has 0 aromatic heterocycles. The largest absolute Gasteiger partial charge is 0.472 e. The highest BCUT2D eigenvalue weighted by molar-refractivity contribution is 7.47. The molecule has 0 aromatic carbocycles. The van der Waals surface area contributed by atoms with Crippen molar-refractivity contribution in [2.24, 2.45) is 0 Å². The number of amides is 1. The third kappa shape index (κ3) is 74.0. The van der Waals surface area contributed by atoms with Gasteiger partial charge in [-0.05, 0) is 44.9 Å². The number of allylic oxidation sites excluding steroid dienone is 5. The molecule has 0 saturated heterocycles. The van der Waals surface area contributed by atoms with Gasteiger partial charge in [0.25, 0.3) is 0 Å². The van der Waals surface area contributed by atoms with Crippen LogP contribution in [0.4, 0.5) is 0 Å². The summed E-state index contributed by atoms with van der Waals surface area (Å²) in [5, 5.41) is 14.0. The highest BCUT2D eigenvalue weighted by atomic mass is 31.2. The van der Waals surface area contributed by atoms with Crippen LogP contribution in [0, 0.1) is 0 Å². The maximum Gasteiger partial charge on any atom is 0.472 e. The van der Waals surface area contributed by atoms with Crippen molar-refractivity contribution in [1.82, 2.24) is 5.32 Å². The zero-order chi connectivity index (χ0) is 64.8. The van der Waals surface area contributed by atoms with Crippen LogP contribution >= 0.6 is 7.82 Å². The average Bonchev–Trinajstić information content (AvgIpc) is 3.60. The van der Waals surface area contributed by atoms with Crippen molar-refractivity contribution in [2.45, 2.75) is 431 Å². The second kappa shape index (κ2) is 71.0. The quantitative estimate of drug-likeness (QED) is 0.0243. The summed E-state index contributed by atoms with van der Waals surface area (Å²) in [7, 11) is 1.57. The molecule has 0 aliphatic carbocycles. The molecule has 9 heteroatoms. The van der Waals surface area contributed by atoms with Crippen molar-refractivity contribution >= 4 is 13.7 Å². The van der Waals surface area contributed by atoms with Crippen molar-refractivity contribution < 1.29 is 32.9 Å². The summed E-state index contributed by atoms with van der Waals surface area (Å²) in [5.41, 5.74) is 0. The van der Waals surface area contributed by atoms with E-state index in [1.807, 2.05) is 27.2 Å². The number of phosphoric ester groups is 1. The molecule has 0 aromatic rings. The zero-order valence-corrected chi connectivity index (χ0v) is 61.6. The van der Waals surface area contributed by atoms with Crippen molar-refractivity contribution in [2.75, 3.05) is 40.9 Å². The summed E-state index contributed by atoms with van der Waals surface area (Å²) in [6.45, 7) is 4.86. The van der Waals surface area contributed by atoms with Crippen LogP contribution in [0.3, 0.4) is 0 Å². The molecular formula is C80H158N2O6P+. The monoisotopic (exact) mass is 1270 g/mol. The van der Waals surface area contributed by atoms with Gasteiger partial charge < -0.3 is 19.8 Å². The van der Waals surface area contributed by atoms with Crippen molar-refractivity contribution in [1.29, 1.82) is 0 Å². The van der Waals surface area contributed by atoms with Gasteiger partial charge in [-0.1, -0.05) is 403 Å². The Kier molecular flexibility index (Phi) is 70.0. The van der Waals surface area contributed by atoms with E-state index in [0.717, 1.165) is 44.9 Å². The fraction of sp³-hybridized carbons (Fsp3) is 0.912. The van der Waals surface area contributed by atoms with Gasteiger partial charge in [-0.25, -0.2) is 4.57 Å². The number of unbranched alkanes of at least 4 members (excludes halogenated alkanes) is 58. The summed E-state index contributed by atoms with van der Waals surface area (Å²) in [5.74, 6) is -0.182. The van der Waals surface area contributed by atoms with Crippen LogP contribution < -0.4 is 5.32 Å². The molecule has 1 amide bonds. The van der Waals surface area contributed by atoms with Crippen LogP contribution in [0.15, 0.2) is 36.5 Å². The maximum atomic E-state index is 13.1. The van der Waals surface area contributed by atoms with Crippen LogP contribution in [0.5, 0.6) is 0 Å². The van der Waals surface area contributed by atoms with Gasteiger partial charge in [0.1, 0.15) is 13.2 Å². The number of carbonyl (C=O) groups is 1. The van der Waals surface area contributed by atoms with Gasteiger partial charge >= 0.3 is 7.82 Å². The second-order valence-electron chi connectivity index (χ2n) is 28.8. The summed E-state index contributed by atoms with van der Waals surface area (Å²) >= 11 is 0. The summed E-state index contributed by atoms with van der Waals surface area (Å²) in [6, 6.07) is -0.870. The molecule has 0 aliphatic heterocycles. The predicted octanol–water partition coefficient (Wildman–Crippen LogP) is 26.0. The first-order valence-electron chi connectivity index (χ1n) is 39.9. The third-order valence-corrected chi connectivity index (χ3v) is 19.6. The standard InChI is InChI=1S/C80H157N2O6P/c1-6-8-10-12-14-16-18-20-22-24-26-28-30-32-34-36-37-38-39-40-41-42-43-44-46-48-50-52-54-56-58-60-62-64-66-68-70-72-74-80(84)81-78(77-88-89(85,86)87-76-75-82(3,4)5)79(83)73-71-69-67-65-63-61-59-57-55-53-51-49-47-45-35-33-31-29-27-25-23-21-19-17-15-13-11-9-7-2/h55,57,63,65,71,73,78-79,83H,6-54,56,58-62,64,66-70,72,74-77H2,1-5H3,(H-,81,84,85,86)/p+1/b57-55+,65-63+,73-71+. The van der Waals surface area contributed by atoms with Crippen molar-refractivity contribution in [3.05, 3.63) is 36.5 Å². The molecule has 0 spiro atoms. The van der Waals surface area contributed by atoms with E-state index in [9.17, 15) is 19.4 Å². The normalized spacial score (nSPS) is 13.7. The number of likely N-dealkylation sites (N-methyl/N-ethyl adjacent to an activating group) is 1. The smallest absolute Gasteiger partial charge is 0.387 e. The highest BCUT2D eigenvalue weighted by Gasteiger charge is 2.28. The summed E-state index contributed by atoms with van der Waals surface area (Å²) < 4.78 is 23.8. The van der Waals surface area contributed by atoms with E-state index >= 15 is 0 Å². The van der Waals surface area contributed by atoms with Gasteiger partial charge in [0, 0.05) is 6.42 Å². The van der Waals surface area contributed by atoms with E-state index in [1.165, 1.54) is 353 Å². The van der Waals surface area contributed by atoms with Crippen LogP contribution in [-0.4, -0.2) is 73.4 Å². The van der Waals surface area contributed by atoms with Gasteiger partial charge in [0.15, 0.2) is 0 Å². The number of hydrogen-bond donors (Lipinski definition) is 3. The Labute approximate surface area is 557 Å². The highest BCUT2D eigenvalue weighted by Crippen LogP contribution is 2.43. The van der Waals surface area contributed by atoms with Crippen molar-refractivity contribution in [3.8, 4) is 0 Å². The Hall–Kier alpha value is -1.28. The molecule has 0 aliphatic rings. The molecule has 0 heterocycles. The van der Waals surface area contributed by atoms with E-state index in [-0.39, 0.29) is 19.1 Å². The fourth-order valence-corrected chi connectivity index (χ4v) is 13.2. The SMILES string of the molecule is CCCCCCCCCCCCCCCCCCCCC/C=C/CC/C=C/CC/C=C/C(O)C(COP(=O)(O)OCC[N+](C)(C)C)NC(=O)CCCCCCCCCCCCCCCCCCCCCCCCCCCCCCCCCCCCCCCC. The number of nitrogens with zero attached hydrogens (tertiary/aromatic N) is 1. The Bertz CT molecular complexity index is 1550. The Morgan fingerprint density at radius 1 is 0.371 bits per heavy atom. The lowest BCUT2D eigenvalue weighted by Gasteiger charge is -2.25. The topological polar surface area (TPSA) is 105 Å². The van der Waals surface area contributed by atoms with Crippen molar-refractivity contribution in [3.63, 3.8) is 0 Å². The minimum absolute atomic E-state index is 0.0556. The third-order valence-electron chi connectivity index (χ3n) is 18.6. The molecule has 89 heavy (non-hydrogen) atoms. The van der Waals surface area contributed by atoms with E-state index in [4.69, 9.17) is 9.05 Å². The molecule has 528 valence electrons. The number of nitrogens with one attached hydrogen (secondary N) is 1. The molecule has 0 saturated carbocycles. The molecule has 3 N–H and O–H groups in total. The van der Waals surface area contributed by atoms with Crippen LogP contribution in [0.2, 0.25) is 0 Å². The van der Waals surface area contributed by atoms with Gasteiger partial charge in [0.05, 0.1) is 39.9 Å². The predicted molar refractivity (Wildman–Crippen MR) is 392 cm³/mol. The van der Waals surface area contributed by atoms with E-state index < -0.39 is 20.0 Å². The van der Waals surface area contributed by atoms with Gasteiger partial charge in [-0.3, -0.25) is 13.8 Å². The lowest BCUT2D eigenvalue weighted by Crippen LogP contribution is -2.45. The molecule has 0 rings (SSSR count). The minimum atomic E-state index is -4.37. The lowest BCUT2D eigenvalue weighted by molar-refractivity contribution is -0.870. The molecule has 0 fully saturated rings. The van der Waals surface area contributed by atoms with E-state index in [0.29, 0.717) is 17.4 Å². The lowest BCUT2D eigenvalue weighted by atomic mass is 10.0. The zero-order valence-electron chi connectivity index (χ0n) is 60.7. The average molecular weight is 1280 g/mol. The minimum Gasteiger partial charge on any atom is -0.387 e. The van der Waals surface area contributed by atoms with Crippen LogP contribution in [0.25, 0.3) is 0 Å². The Balaban J connectivity index is 3.97. The van der Waals surface area contributed by atoms with Crippen LogP contribution in [-0.2, 0) is 18.4 Å². The fourth-order valence-electron chi connectivity index (χ4n) is 12.4. The number of rotatable bonds is 75. The number of phosphoric acid groups is 1. The van der Waals surface area contributed by atoms with Gasteiger partial charge in [0.2, 0.25) is 5.91 Å². The molecule has 8 nitrogen and oxygen atoms in total. The van der Waals surface area contributed by atoms with E-state index in [2.05, 4.69) is 43.5 Å². The molecule has 3 atom stereocenters. The number of quaternary nitrogens is 1. The molecule has 0 radical (unpaired) electrons. The molecule has 3 unspecified atom stereocenters. The number of aliphatic hydroxyl groups is 1. The number of carbonyl (C=O) groups excluding carboxylic acids is 1. The first-order valence-corrected chi connectivity index (χ1v) is 41.4. The first-order chi connectivity index (χ1) is 43.5. The summed E-state index contributed by atoms with van der Waals surface area (Å²) in [6.07, 6.45) is 96.4. The number of hydrogen-bond acceptors (Lipinski definition) is 5. The Morgan fingerprint density at radius 2 is 0.618 bits per heavy atom. The van der Waals surface area contributed by atoms with Gasteiger partial charge in [-0.15, -0.1) is 0 Å². The maximum absolute atomic E-state index is 13.1. The van der Waals surface area contributed by atoms with E-state index in [1.54, 1.807) is 6.08 Å². The second-order valence-corrected chi connectivity index (χ2v) is 30.2. The molecule has 0 bridgehead atoms. The molecular weight excluding hydrogens is 1120 g/mol. The Morgan fingerprint density at radius 3 is 0.899 bits per heavy atom.